The van der Waals surface area contributed by atoms with Crippen molar-refractivity contribution in [2.45, 2.75) is 24.9 Å². The van der Waals surface area contributed by atoms with E-state index in [1.807, 2.05) is 18.2 Å². The molecule has 90 valence electrons. The number of fused-ring (bicyclic) bond motifs is 1. The molecule has 1 aromatic heterocycles. The Kier molecular flexibility index (Phi) is 2.86. The molecule has 1 N–H and O–H groups in total. The van der Waals surface area contributed by atoms with Gasteiger partial charge in [-0.1, -0.05) is 12.1 Å². The summed E-state index contributed by atoms with van der Waals surface area (Å²) in [6, 6.07) is 8.08. The quantitative estimate of drug-likeness (QED) is 0.888. The van der Waals surface area contributed by atoms with Gasteiger partial charge in [0, 0.05) is 13.0 Å². The summed E-state index contributed by atoms with van der Waals surface area (Å²) in [7, 11) is 0. The third-order valence-corrected chi connectivity index (χ3v) is 4.16. The number of rotatable bonds is 2. The van der Waals surface area contributed by atoms with Gasteiger partial charge in [-0.2, -0.15) is 0 Å². The number of hydrogen-bond acceptors (Lipinski definition) is 4. The van der Waals surface area contributed by atoms with Crippen molar-refractivity contribution in [3.05, 3.63) is 29.3 Å². The van der Waals surface area contributed by atoms with Crippen LogP contribution in [0, 0.1) is 0 Å². The van der Waals surface area contributed by atoms with E-state index in [1.54, 1.807) is 11.3 Å². The topological polar surface area (TPSA) is 42.4 Å². The maximum Gasteiger partial charge on any atom is 0.0968 e. The van der Waals surface area contributed by atoms with Crippen LogP contribution in [0.4, 0.5) is 0 Å². The average molecular weight is 249 g/mol. The van der Waals surface area contributed by atoms with Crippen molar-refractivity contribution >= 4 is 21.6 Å². The predicted molar refractivity (Wildman–Crippen MR) is 68.3 cm³/mol. The molecule has 1 aliphatic heterocycles. The zero-order valence-electron chi connectivity index (χ0n) is 9.56. The standard InChI is InChI=1S/C13H15NO2S/c15-13(6-3-7-16-9-13)8-12-14-10-4-1-2-5-11(10)17-12/h1-2,4-5,15H,3,6-9H2. The molecule has 1 atom stereocenters. The number of aliphatic hydroxyl groups is 1. The van der Waals surface area contributed by atoms with Crippen LogP contribution in [0.15, 0.2) is 24.3 Å². The van der Waals surface area contributed by atoms with Gasteiger partial charge in [-0.15, -0.1) is 11.3 Å². The molecule has 0 spiro atoms. The Morgan fingerprint density at radius 1 is 1.41 bits per heavy atom. The largest absolute Gasteiger partial charge is 0.387 e. The summed E-state index contributed by atoms with van der Waals surface area (Å²) in [4.78, 5) is 4.55. The highest BCUT2D eigenvalue weighted by Gasteiger charge is 2.31. The maximum absolute atomic E-state index is 10.4. The van der Waals surface area contributed by atoms with Crippen molar-refractivity contribution in [3.63, 3.8) is 0 Å². The molecule has 1 saturated heterocycles. The monoisotopic (exact) mass is 249 g/mol. The van der Waals surface area contributed by atoms with Crippen LogP contribution in [0.25, 0.3) is 10.2 Å². The maximum atomic E-state index is 10.4. The molecule has 1 aliphatic rings. The van der Waals surface area contributed by atoms with Crippen LogP contribution in [0.3, 0.4) is 0 Å². The van der Waals surface area contributed by atoms with Crippen LogP contribution >= 0.6 is 11.3 Å². The van der Waals surface area contributed by atoms with Crippen molar-refractivity contribution < 1.29 is 9.84 Å². The second-order valence-electron chi connectivity index (χ2n) is 4.63. The van der Waals surface area contributed by atoms with Gasteiger partial charge in [-0.3, -0.25) is 0 Å². The second kappa shape index (κ2) is 4.37. The molecule has 1 fully saturated rings. The van der Waals surface area contributed by atoms with E-state index < -0.39 is 5.60 Å². The fraction of sp³-hybridized carbons (Fsp3) is 0.462. The molecule has 3 rings (SSSR count). The molecule has 4 heteroatoms. The zero-order valence-corrected chi connectivity index (χ0v) is 10.4. The van der Waals surface area contributed by atoms with Gasteiger partial charge < -0.3 is 9.84 Å². The van der Waals surface area contributed by atoms with Crippen molar-refractivity contribution in [1.29, 1.82) is 0 Å². The van der Waals surface area contributed by atoms with E-state index in [4.69, 9.17) is 4.74 Å². The minimum atomic E-state index is -0.716. The highest BCUT2D eigenvalue weighted by Crippen LogP contribution is 2.28. The molecular formula is C13H15NO2S. The van der Waals surface area contributed by atoms with Crippen molar-refractivity contribution in [3.8, 4) is 0 Å². The summed E-state index contributed by atoms with van der Waals surface area (Å²) >= 11 is 1.66. The van der Waals surface area contributed by atoms with Gasteiger partial charge in [-0.25, -0.2) is 4.98 Å². The lowest BCUT2D eigenvalue weighted by molar-refractivity contribution is -0.0844. The summed E-state index contributed by atoms with van der Waals surface area (Å²) in [5.41, 5.74) is 0.305. The molecule has 17 heavy (non-hydrogen) atoms. The Bertz CT molecular complexity index is 484. The van der Waals surface area contributed by atoms with Crippen molar-refractivity contribution in [2.75, 3.05) is 13.2 Å². The molecule has 0 aliphatic carbocycles. The molecular weight excluding hydrogens is 234 g/mol. The van der Waals surface area contributed by atoms with E-state index in [0.717, 1.165) is 30.0 Å². The fourth-order valence-corrected chi connectivity index (χ4v) is 3.36. The molecule has 0 radical (unpaired) electrons. The highest BCUT2D eigenvalue weighted by molar-refractivity contribution is 7.18. The Labute approximate surface area is 104 Å². The lowest BCUT2D eigenvalue weighted by atomic mass is 9.93. The fourth-order valence-electron chi connectivity index (χ4n) is 2.25. The molecule has 0 saturated carbocycles. The van der Waals surface area contributed by atoms with Crippen molar-refractivity contribution in [1.82, 2.24) is 4.98 Å². The van der Waals surface area contributed by atoms with E-state index in [-0.39, 0.29) is 0 Å². The number of para-hydroxylation sites is 1. The highest BCUT2D eigenvalue weighted by atomic mass is 32.1. The van der Waals surface area contributed by atoms with E-state index in [0.29, 0.717) is 13.0 Å². The van der Waals surface area contributed by atoms with Crippen LogP contribution in [0.5, 0.6) is 0 Å². The van der Waals surface area contributed by atoms with E-state index >= 15 is 0 Å². The van der Waals surface area contributed by atoms with Crippen LogP contribution in [0.2, 0.25) is 0 Å². The van der Waals surface area contributed by atoms with Crippen LogP contribution < -0.4 is 0 Å². The molecule has 0 amide bonds. The number of aromatic nitrogens is 1. The van der Waals surface area contributed by atoms with Crippen molar-refractivity contribution in [2.24, 2.45) is 0 Å². The second-order valence-corrected chi connectivity index (χ2v) is 5.75. The molecule has 3 nitrogen and oxygen atoms in total. The van der Waals surface area contributed by atoms with Crippen LogP contribution in [-0.4, -0.2) is 28.9 Å². The third-order valence-electron chi connectivity index (χ3n) is 3.12. The van der Waals surface area contributed by atoms with E-state index in [2.05, 4.69) is 11.1 Å². The summed E-state index contributed by atoms with van der Waals surface area (Å²) in [6.45, 7) is 1.20. The third kappa shape index (κ3) is 2.34. The molecule has 0 bridgehead atoms. The molecule has 2 aromatic rings. The first kappa shape index (κ1) is 11.1. The number of hydrogen-bond donors (Lipinski definition) is 1. The van der Waals surface area contributed by atoms with Gasteiger partial charge in [0.05, 0.1) is 27.4 Å². The van der Waals surface area contributed by atoms with E-state index in [1.165, 1.54) is 4.70 Å². The Hall–Kier alpha value is -0.970. The summed E-state index contributed by atoms with van der Waals surface area (Å²) in [5, 5.41) is 11.4. The smallest absolute Gasteiger partial charge is 0.0968 e. The van der Waals surface area contributed by atoms with Gasteiger partial charge in [0.15, 0.2) is 0 Å². The molecule has 1 aromatic carbocycles. The van der Waals surface area contributed by atoms with Crippen LogP contribution in [0.1, 0.15) is 17.8 Å². The number of thiazole rings is 1. The van der Waals surface area contributed by atoms with Gasteiger partial charge in [0.25, 0.3) is 0 Å². The molecule has 2 heterocycles. The lowest BCUT2D eigenvalue weighted by Gasteiger charge is -2.31. The zero-order chi connectivity index (χ0) is 11.7. The van der Waals surface area contributed by atoms with Gasteiger partial charge in [-0.05, 0) is 25.0 Å². The Morgan fingerprint density at radius 2 is 2.29 bits per heavy atom. The van der Waals surface area contributed by atoms with Gasteiger partial charge in [0.2, 0.25) is 0 Å². The molecule has 1 unspecified atom stereocenters. The first-order valence-corrected chi connectivity index (χ1v) is 6.71. The Balaban J connectivity index is 1.84. The van der Waals surface area contributed by atoms with Gasteiger partial charge in [0.1, 0.15) is 0 Å². The minimum absolute atomic E-state index is 0.433. The minimum Gasteiger partial charge on any atom is -0.387 e. The average Bonchev–Trinajstić information content (AvgIpc) is 2.71. The van der Waals surface area contributed by atoms with Crippen LogP contribution in [-0.2, 0) is 11.2 Å². The number of nitrogens with zero attached hydrogens (tertiary/aromatic N) is 1. The van der Waals surface area contributed by atoms with Gasteiger partial charge >= 0.3 is 0 Å². The lowest BCUT2D eigenvalue weighted by Crippen LogP contribution is -2.40. The number of benzene rings is 1. The summed E-state index contributed by atoms with van der Waals surface area (Å²) < 4.78 is 6.54. The summed E-state index contributed by atoms with van der Waals surface area (Å²) in [5.74, 6) is 0. The first-order valence-electron chi connectivity index (χ1n) is 5.90. The normalized spacial score (nSPS) is 25.2. The Morgan fingerprint density at radius 3 is 3.06 bits per heavy atom. The predicted octanol–water partition coefficient (Wildman–Crippen LogP) is 2.38. The number of ether oxygens (including phenoxy) is 1. The summed E-state index contributed by atoms with van der Waals surface area (Å²) in [6.07, 6.45) is 2.34. The van der Waals surface area contributed by atoms with E-state index in [9.17, 15) is 5.11 Å². The first-order chi connectivity index (χ1) is 8.25. The SMILES string of the molecule is OC1(Cc2nc3ccccc3s2)CCCOC1.